The number of benzene rings is 1. The van der Waals surface area contributed by atoms with Crippen LogP contribution in [0.25, 0.3) is 0 Å². The van der Waals surface area contributed by atoms with Gasteiger partial charge in [0.2, 0.25) is 0 Å². The maximum atomic E-state index is 13.1. The lowest BCUT2D eigenvalue weighted by atomic mass is 9.97. The van der Waals surface area contributed by atoms with Gasteiger partial charge in [-0.25, -0.2) is 4.39 Å². The van der Waals surface area contributed by atoms with Crippen molar-refractivity contribution in [3.63, 3.8) is 0 Å². The summed E-state index contributed by atoms with van der Waals surface area (Å²) in [6.07, 6.45) is 2.22. The van der Waals surface area contributed by atoms with E-state index in [9.17, 15) is 4.39 Å². The zero-order valence-electron chi connectivity index (χ0n) is 8.52. The topological polar surface area (TPSA) is 12.0 Å². The van der Waals surface area contributed by atoms with Gasteiger partial charge in [-0.2, -0.15) is 0 Å². The van der Waals surface area contributed by atoms with Crippen molar-refractivity contribution in [2.45, 2.75) is 19.8 Å². The van der Waals surface area contributed by atoms with Crippen LogP contribution in [0.1, 0.15) is 17.5 Å². The Kier molecular flexibility index (Phi) is 2.82. The average Bonchev–Trinajstić information content (AvgIpc) is 2.54. The molecule has 0 saturated carbocycles. The van der Waals surface area contributed by atoms with Crippen LogP contribution in [0, 0.1) is 18.7 Å². The fourth-order valence-corrected chi connectivity index (χ4v) is 2.15. The summed E-state index contributed by atoms with van der Waals surface area (Å²) in [5.74, 6) is 0.585. The van der Waals surface area contributed by atoms with Crippen molar-refractivity contribution in [2.24, 2.45) is 5.92 Å². The quantitative estimate of drug-likeness (QED) is 0.760. The molecule has 1 aliphatic heterocycles. The van der Waals surface area contributed by atoms with E-state index in [1.165, 1.54) is 6.42 Å². The van der Waals surface area contributed by atoms with Gasteiger partial charge in [0.15, 0.2) is 0 Å². The molecule has 1 heterocycles. The Hall–Kier alpha value is -0.890. The molecule has 0 spiro atoms. The second kappa shape index (κ2) is 4.09. The van der Waals surface area contributed by atoms with E-state index in [1.807, 2.05) is 6.92 Å². The molecule has 0 aromatic heterocycles. The molecule has 76 valence electrons. The molecule has 0 bridgehead atoms. The van der Waals surface area contributed by atoms with Crippen LogP contribution in [-0.2, 0) is 6.42 Å². The summed E-state index contributed by atoms with van der Waals surface area (Å²) in [6, 6.07) is 5.32. The van der Waals surface area contributed by atoms with Crippen LogP contribution in [0.15, 0.2) is 18.2 Å². The molecule has 1 aromatic carbocycles. The van der Waals surface area contributed by atoms with E-state index in [0.29, 0.717) is 5.92 Å². The van der Waals surface area contributed by atoms with E-state index in [2.05, 4.69) is 11.4 Å². The Morgan fingerprint density at radius 1 is 1.43 bits per heavy atom. The second-order valence-corrected chi connectivity index (χ2v) is 4.20. The first-order chi connectivity index (χ1) is 6.74. The maximum Gasteiger partial charge on any atom is 0.123 e. The summed E-state index contributed by atoms with van der Waals surface area (Å²) in [4.78, 5) is 0. The van der Waals surface area contributed by atoms with Crippen LogP contribution in [0.3, 0.4) is 0 Å². The third-order valence-corrected chi connectivity index (χ3v) is 2.79. The van der Waals surface area contributed by atoms with Gasteiger partial charge in [0.25, 0.3) is 0 Å². The average molecular weight is 193 g/mol. The number of halogens is 1. The highest BCUT2D eigenvalue weighted by Crippen LogP contribution is 2.17. The SMILES string of the molecule is Cc1cc(F)cc(CC2CCNC2)c1. The van der Waals surface area contributed by atoms with Gasteiger partial charge in [-0.3, -0.25) is 0 Å². The van der Waals surface area contributed by atoms with E-state index in [1.54, 1.807) is 12.1 Å². The van der Waals surface area contributed by atoms with E-state index in [-0.39, 0.29) is 5.82 Å². The number of aryl methyl sites for hydroxylation is 1. The minimum Gasteiger partial charge on any atom is -0.316 e. The second-order valence-electron chi connectivity index (χ2n) is 4.20. The molecule has 0 amide bonds. The largest absolute Gasteiger partial charge is 0.316 e. The van der Waals surface area contributed by atoms with E-state index < -0.39 is 0 Å². The van der Waals surface area contributed by atoms with Crippen molar-refractivity contribution in [2.75, 3.05) is 13.1 Å². The van der Waals surface area contributed by atoms with Gasteiger partial charge in [-0.1, -0.05) is 6.07 Å². The summed E-state index contributed by atoms with van der Waals surface area (Å²) >= 11 is 0. The van der Waals surface area contributed by atoms with Crippen LogP contribution >= 0.6 is 0 Å². The van der Waals surface area contributed by atoms with Crippen LogP contribution in [0.5, 0.6) is 0 Å². The third kappa shape index (κ3) is 2.32. The summed E-state index contributed by atoms with van der Waals surface area (Å²) < 4.78 is 13.1. The van der Waals surface area contributed by atoms with E-state index >= 15 is 0 Å². The van der Waals surface area contributed by atoms with Crippen molar-refractivity contribution in [3.05, 3.63) is 35.1 Å². The Labute approximate surface area is 84.3 Å². The van der Waals surface area contributed by atoms with Crippen LogP contribution in [-0.4, -0.2) is 13.1 Å². The third-order valence-electron chi connectivity index (χ3n) is 2.79. The fraction of sp³-hybridized carbons (Fsp3) is 0.500. The molecule has 1 fully saturated rings. The number of hydrogen-bond donors (Lipinski definition) is 1. The number of hydrogen-bond acceptors (Lipinski definition) is 1. The van der Waals surface area contributed by atoms with Gasteiger partial charge < -0.3 is 5.32 Å². The highest BCUT2D eigenvalue weighted by molar-refractivity contribution is 5.24. The van der Waals surface area contributed by atoms with Gasteiger partial charge in [0.1, 0.15) is 5.82 Å². The molecule has 2 rings (SSSR count). The minimum absolute atomic E-state index is 0.106. The molecular weight excluding hydrogens is 177 g/mol. The minimum atomic E-state index is -0.106. The molecule has 0 radical (unpaired) electrons. The first kappa shape index (κ1) is 9.66. The lowest BCUT2D eigenvalue weighted by Gasteiger charge is -2.08. The molecular formula is C12H16FN. The molecule has 1 nitrogen and oxygen atoms in total. The molecule has 14 heavy (non-hydrogen) atoms. The van der Waals surface area contributed by atoms with Gasteiger partial charge in [-0.05, 0) is 62.0 Å². The normalized spacial score (nSPS) is 21.4. The van der Waals surface area contributed by atoms with Crippen molar-refractivity contribution >= 4 is 0 Å². The summed E-state index contributed by atoms with van der Waals surface area (Å²) in [5, 5.41) is 3.33. The summed E-state index contributed by atoms with van der Waals surface area (Å²) in [5.41, 5.74) is 2.15. The highest BCUT2D eigenvalue weighted by Gasteiger charge is 2.14. The number of rotatable bonds is 2. The molecule has 1 unspecified atom stereocenters. The lowest BCUT2D eigenvalue weighted by Crippen LogP contribution is -2.10. The van der Waals surface area contributed by atoms with E-state index in [4.69, 9.17) is 0 Å². The number of nitrogens with one attached hydrogen (secondary N) is 1. The molecule has 1 aliphatic rings. The Bertz CT molecular complexity index is 296. The Morgan fingerprint density at radius 3 is 2.93 bits per heavy atom. The highest BCUT2D eigenvalue weighted by atomic mass is 19.1. The molecule has 1 atom stereocenters. The smallest absolute Gasteiger partial charge is 0.123 e. The Balaban J connectivity index is 2.07. The standard InChI is InChI=1S/C12H16FN/c1-9-4-11(7-12(13)5-9)6-10-2-3-14-8-10/h4-5,7,10,14H,2-3,6,8H2,1H3. The van der Waals surface area contributed by atoms with Crippen molar-refractivity contribution in [3.8, 4) is 0 Å². The van der Waals surface area contributed by atoms with Crippen LogP contribution in [0.4, 0.5) is 4.39 Å². The van der Waals surface area contributed by atoms with Crippen molar-refractivity contribution in [1.29, 1.82) is 0 Å². The van der Waals surface area contributed by atoms with Crippen molar-refractivity contribution in [1.82, 2.24) is 5.32 Å². The van der Waals surface area contributed by atoms with E-state index in [0.717, 1.165) is 30.6 Å². The predicted molar refractivity (Wildman–Crippen MR) is 55.8 cm³/mol. The van der Waals surface area contributed by atoms with Gasteiger partial charge in [0.05, 0.1) is 0 Å². The first-order valence-electron chi connectivity index (χ1n) is 5.21. The van der Waals surface area contributed by atoms with Crippen molar-refractivity contribution < 1.29 is 4.39 Å². The van der Waals surface area contributed by atoms with Crippen LogP contribution < -0.4 is 5.32 Å². The van der Waals surface area contributed by atoms with Gasteiger partial charge >= 0.3 is 0 Å². The molecule has 1 saturated heterocycles. The molecule has 1 N–H and O–H groups in total. The van der Waals surface area contributed by atoms with Crippen LogP contribution in [0.2, 0.25) is 0 Å². The zero-order valence-corrected chi connectivity index (χ0v) is 8.52. The molecule has 0 aliphatic carbocycles. The zero-order chi connectivity index (χ0) is 9.97. The Morgan fingerprint density at radius 2 is 2.29 bits per heavy atom. The predicted octanol–water partition coefficient (Wildman–Crippen LogP) is 2.29. The maximum absolute atomic E-state index is 13.1. The fourth-order valence-electron chi connectivity index (χ4n) is 2.15. The van der Waals surface area contributed by atoms with Gasteiger partial charge in [0, 0.05) is 0 Å². The summed E-state index contributed by atoms with van der Waals surface area (Å²) in [6.45, 7) is 4.13. The molecule has 2 heteroatoms. The molecule has 1 aromatic rings. The lowest BCUT2D eigenvalue weighted by molar-refractivity contribution is 0.572. The van der Waals surface area contributed by atoms with Gasteiger partial charge in [-0.15, -0.1) is 0 Å². The monoisotopic (exact) mass is 193 g/mol. The summed E-state index contributed by atoms with van der Waals surface area (Å²) in [7, 11) is 0. The first-order valence-corrected chi connectivity index (χ1v) is 5.21.